The topological polar surface area (TPSA) is 72.2 Å². The lowest BCUT2D eigenvalue weighted by molar-refractivity contribution is -0.384. The maximum Gasteiger partial charge on any atom is 0.271 e. The van der Waals surface area contributed by atoms with Crippen LogP contribution in [0.25, 0.3) is 0 Å². The maximum atomic E-state index is 12.0. The van der Waals surface area contributed by atoms with Gasteiger partial charge in [-0.3, -0.25) is 14.9 Å². The molecule has 0 aromatic heterocycles. The molecule has 1 aliphatic rings. The van der Waals surface area contributed by atoms with Crippen LogP contribution < -0.4 is 5.32 Å². The monoisotopic (exact) mass is 316 g/mol. The van der Waals surface area contributed by atoms with E-state index in [1.54, 1.807) is 0 Å². The van der Waals surface area contributed by atoms with Crippen LogP contribution in [0.1, 0.15) is 29.6 Å². The first-order valence-corrected chi connectivity index (χ1v) is 7.16. The van der Waals surface area contributed by atoms with Crippen LogP contribution in [0, 0.1) is 16.0 Å². The summed E-state index contributed by atoms with van der Waals surface area (Å²) >= 11 is 11.9. The number of nitro groups is 1. The third-order valence-corrected chi connectivity index (χ3v) is 4.24. The number of amides is 1. The third-order valence-electron chi connectivity index (χ3n) is 3.45. The first-order chi connectivity index (χ1) is 9.47. The summed E-state index contributed by atoms with van der Waals surface area (Å²) in [4.78, 5) is 22.2. The van der Waals surface area contributed by atoms with Gasteiger partial charge < -0.3 is 5.32 Å². The van der Waals surface area contributed by atoms with E-state index in [2.05, 4.69) is 5.32 Å². The van der Waals surface area contributed by atoms with Crippen LogP contribution in [0.3, 0.4) is 0 Å². The fourth-order valence-corrected chi connectivity index (χ4v) is 2.96. The normalized spacial score (nSPS) is 21.7. The second-order valence-corrected chi connectivity index (χ2v) is 5.87. The average molecular weight is 317 g/mol. The van der Waals surface area contributed by atoms with E-state index in [1.165, 1.54) is 18.2 Å². The second kappa shape index (κ2) is 6.41. The van der Waals surface area contributed by atoms with Crippen molar-refractivity contribution < 1.29 is 9.72 Å². The highest BCUT2D eigenvalue weighted by Gasteiger charge is 2.25. The maximum absolute atomic E-state index is 12.0. The fraction of sp³-hybridized carbons (Fsp3) is 0.462. The lowest BCUT2D eigenvalue weighted by atomic mass is 10.1. The Kier molecular flexibility index (Phi) is 4.83. The smallest absolute Gasteiger partial charge is 0.271 e. The van der Waals surface area contributed by atoms with Crippen molar-refractivity contribution >= 4 is 34.8 Å². The van der Waals surface area contributed by atoms with E-state index in [1.807, 2.05) is 0 Å². The molecule has 0 aliphatic heterocycles. The van der Waals surface area contributed by atoms with Gasteiger partial charge in [-0.25, -0.2) is 0 Å². The number of carbonyl (C=O) groups excluding carboxylic acids is 1. The number of benzene rings is 1. The van der Waals surface area contributed by atoms with Gasteiger partial charge >= 0.3 is 0 Å². The van der Waals surface area contributed by atoms with Crippen LogP contribution in [0.5, 0.6) is 0 Å². The quantitative estimate of drug-likeness (QED) is 0.525. The Morgan fingerprint density at radius 2 is 2.15 bits per heavy atom. The Morgan fingerprint density at radius 1 is 1.40 bits per heavy atom. The highest BCUT2D eigenvalue weighted by atomic mass is 35.5. The van der Waals surface area contributed by atoms with E-state index in [0.29, 0.717) is 6.54 Å². The number of halogens is 2. The summed E-state index contributed by atoms with van der Waals surface area (Å²) in [6.45, 7) is 0.479. The minimum absolute atomic E-state index is 0.0870. The van der Waals surface area contributed by atoms with Crippen molar-refractivity contribution in [1.82, 2.24) is 5.32 Å². The molecular weight excluding hydrogens is 303 g/mol. The first-order valence-electron chi connectivity index (χ1n) is 6.34. The van der Waals surface area contributed by atoms with E-state index in [0.717, 1.165) is 19.3 Å². The minimum atomic E-state index is -0.575. The van der Waals surface area contributed by atoms with Crippen LogP contribution in [-0.4, -0.2) is 22.8 Å². The number of hydrogen-bond donors (Lipinski definition) is 1. The van der Waals surface area contributed by atoms with Crippen molar-refractivity contribution in [2.24, 2.45) is 5.92 Å². The summed E-state index contributed by atoms with van der Waals surface area (Å²) in [5.74, 6) is -0.110. The molecule has 0 heterocycles. The van der Waals surface area contributed by atoms with Crippen LogP contribution in [0.4, 0.5) is 5.69 Å². The summed E-state index contributed by atoms with van der Waals surface area (Å²) in [6, 6.07) is 3.84. The molecule has 0 radical (unpaired) electrons. The van der Waals surface area contributed by atoms with E-state index >= 15 is 0 Å². The molecule has 1 saturated carbocycles. The molecular formula is C13H14Cl2N2O3. The molecule has 1 aromatic carbocycles. The molecule has 1 N–H and O–H groups in total. The van der Waals surface area contributed by atoms with Crippen LogP contribution in [-0.2, 0) is 0 Å². The van der Waals surface area contributed by atoms with Gasteiger partial charge in [0.25, 0.3) is 11.6 Å². The standard InChI is InChI=1S/C13H14Cl2N2O3/c14-10-4-9(5-11(6-10)17(19)20)13(18)16-7-8-2-1-3-12(8)15/h4-6,8,12H,1-3,7H2,(H,16,18). The highest BCUT2D eigenvalue weighted by molar-refractivity contribution is 6.31. The Balaban J connectivity index is 2.03. The molecule has 1 fully saturated rings. The zero-order chi connectivity index (χ0) is 14.7. The van der Waals surface area contributed by atoms with Gasteiger partial charge in [0.1, 0.15) is 0 Å². The van der Waals surface area contributed by atoms with Crippen LogP contribution >= 0.6 is 23.2 Å². The summed E-state index contributed by atoms with van der Waals surface area (Å²) in [6.07, 6.45) is 3.02. The summed E-state index contributed by atoms with van der Waals surface area (Å²) in [5, 5.41) is 13.7. The molecule has 0 saturated heterocycles. The largest absolute Gasteiger partial charge is 0.352 e. The molecule has 5 nitrogen and oxygen atoms in total. The summed E-state index contributed by atoms with van der Waals surface area (Å²) in [5.41, 5.74) is -0.00736. The van der Waals surface area contributed by atoms with Gasteiger partial charge in [0.15, 0.2) is 0 Å². The van der Waals surface area contributed by atoms with Crippen LogP contribution in [0.2, 0.25) is 5.02 Å². The predicted octanol–water partition coefficient (Wildman–Crippen LogP) is 3.39. The minimum Gasteiger partial charge on any atom is -0.352 e. The second-order valence-electron chi connectivity index (χ2n) is 4.87. The van der Waals surface area contributed by atoms with Gasteiger partial charge in [-0.05, 0) is 24.8 Å². The lowest BCUT2D eigenvalue weighted by Crippen LogP contribution is -2.31. The van der Waals surface area contributed by atoms with Gasteiger partial charge in [0.05, 0.1) is 4.92 Å². The molecule has 20 heavy (non-hydrogen) atoms. The zero-order valence-electron chi connectivity index (χ0n) is 10.6. The number of nitro benzene ring substituents is 1. The average Bonchev–Trinajstić information content (AvgIpc) is 2.80. The van der Waals surface area contributed by atoms with Crippen molar-refractivity contribution in [2.45, 2.75) is 24.6 Å². The fourth-order valence-electron chi connectivity index (χ4n) is 2.36. The van der Waals surface area contributed by atoms with Crippen LogP contribution in [0.15, 0.2) is 18.2 Å². The van der Waals surface area contributed by atoms with E-state index in [9.17, 15) is 14.9 Å². The van der Waals surface area contributed by atoms with E-state index in [-0.39, 0.29) is 33.5 Å². The van der Waals surface area contributed by atoms with E-state index < -0.39 is 4.92 Å². The Hall–Kier alpha value is -1.33. The molecule has 2 atom stereocenters. The number of nitrogens with zero attached hydrogens (tertiary/aromatic N) is 1. The molecule has 108 valence electrons. The molecule has 2 rings (SSSR count). The molecule has 1 amide bonds. The van der Waals surface area contributed by atoms with Crippen molar-refractivity contribution in [3.05, 3.63) is 38.9 Å². The van der Waals surface area contributed by atoms with Gasteiger partial charge in [0, 0.05) is 34.6 Å². The molecule has 0 spiro atoms. The summed E-state index contributed by atoms with van der Waals surface area (Å²) in [7, 11) is 0. The lowest BCUT2D eigenvalue weighted by Gasteiger charge is -2.14. The Labute approximate surface area is 126 Å². The molecule has 0 bridgehead atoms. The zero-order valence-corrected chi connectivity index (χ0v) is 12.2. The number of non-ortho nitro benzene ring substituents is 1. The highest BCUT2D eigenvalue weighted by Crippen LogP contribution is 2.29. The molecule has 7 heteroatoms. The molecule has 1 aromatic rings. The Bertz CT molecular complexity index is 536. The van der Waals surface area contributed by atoms with Crippen molar-refractivity contribution in [3.63, 3.8) is 0 Å². The Morgan fingerprint density at radius 3 is 2.75 bits per heavy atom. The number of hydrogen-bond acceptors (Lipinski definition) is 3. The third kappa shape index (κ3) is 3.61. The first kappa shape index (κ1) is 15.1. The van der Waals surface area contributed by atoms with E-state index in [4.69, 9.17) is 23.2 Å². The number of rotatable bonds is 4. The number of nitrogens with one attached hydrogen (secondary N) is 1. The molecule has 2 unspecified atom stereocenters. The predicted molar refractivity (Wildman–Crippen MR) is 77.4 cm³/mol. The molecule has 1 aliphatic carbocycles. The van der Waals surface area contributed by atoms with Gasteiger partial charge in [-0.2, -0.15) is 0 Å². The van der Waals surface area contributed by atoms with Crippen molar-refractivity contribution in [2.75, 3.05) is 6.54 Å². The van der Waals surface area contributed by atoms with Crippen molar-refractivity contribution in [1.29, 1.82) is 0 Å². The number of carbonyl (C=O) groups is 1. The van der Waals surface area contributed by atoms with Gasteiger partial charge in [-0.1, -0.05) is 18.0 Å². The van der Waals surface area contributed by atoms with Crippen molar-refractivity contribution in [3.8, 4) is 0 Å². The summed E-state index contributed by atoms with van der Waals surface area (Å²) < 4.78 is 0. The van der Waals surface area contributed by atoms with Gasteiger partial charge in [0.2, 0.25) is 0 Å². The van der Waals surface area contributed by atoms with Gasteiger partial charge in [-0.15, -0.1) is 11.6 Å². The number of alkyl halides is 1. The SMILES string of the molecule is O=C(NCC1CCCC1Cl)c1cc(Cl)cc([N+](=O)[O-])c1.